The Hall–Kier alpha value is -2.13. The second-order valence-electron chi connectivity index (χ2n) is 4.33. The second-order valence-corrected chi connectivity index (χ2v) is 4.33. The molecule has 3 heteroatoms. The number of aromatic nitrogens is 2. The van der Waals surface area contributed by atoms with Crippen molar-refractivity contribution in [3.05, 3.63) is 59.9 Å². The lowest BCUT2D eigenvalue weighted by atomic mass is 10.2. The summed E-state index contributed by atoms with van der Waals surface area (Å²) in [6, 6.07) is 16.3. The Morgan fingerprint density at radius 3 is 2.56 bits per heavy atom. The van der Waals surface area contributed by atoms with Crippen LogP contribution in [-0.2, 0) is 6.54 Å². The molecule has 0 radical (unpaired) electrons. The summed E-state index contributed by atoms with van der Waals surface area (Å²) in [5, 5.41) is 0. The van der Waals surface area contributed by atoms with Crippen molar-refractivity contribution in [2.24, 2.45) is 5.73 Å². The average molecular weight is 237 g/mol. The number of imidazole rings is 1. The quantitative estimate of drug-likeness (QED) is 0.744. The van der Waals surface area contributed by atoms with Crippen LogP contribution in [0.1, 0.15) is 11.4 Å². The molecule has 0 aliphatic heterocycles. The second kappa shape index (κ2) is 4.27. The third-order valence-corrected chi connectivity index (χ3v) is 3.17. The Kier molecular flexibility index (Phi) is 2.61. The van der Waals surface area contributed by atoms with E-state index < -0.39 is 0 Å². The molecular weight excluding hydrogens is 222 g/mol. The molecule has 0 atom stereocenters. The highest BCUT2D eigenvalue weighted by Crippen LogP contribution is 2.23. The Labute approximate surface area is 106 Å². The third kappa shape index (κ3) is 1.60. The van der Waals surface area contributed by atoms with Gasteiger partial charge in [-0.05, 0) is 19.1 Å². The predicted octanol–water partition coefficient (Wildman–Crippen LogP) is 2.77. The predicted molar refractivity (Wildman–Crippen MR) is 73.3 cm³/mol. The molecule has 0 unspecified atom stereocenters. The van der Waals surface area contributed by atoms with E-state index in [1.54, 1.807) is 0 Å². The maximum absolute atomic E-state index is 5.82. The van der Waals surface area contributed by atoms with Crippen LogP contribution in [0.15, 0.2) is 48.5 Å². The zero-order valence-electron chi connectivity index (χ0n) is 10.3. The van der Waals surface area contributed by atoms with E-state index in [0.717, 1.165) is 28.3 Å². The van der Waals surface area contributed by atoms with Crippen molar-refractivity contribution in [3.8, 4) is 11.4 Å². The van der Waals surface area contributed by atoms with Gasteiger partial charge >= 0.3 is 0 Å². The standard InChI is InChI=1S/C15H15N3/c1-11-14-9-5-8-13(10-16)18(14)15(17-11)12-6-3-2-4-7-12/h2-9H,10,16H2,1H3. The van der Waals surface area contributed by atoms with Crippen LogP contribution in [-0.4, -0.2) is 9.38 Å². The fraction of sp³-hybridized carbons (Fsp3) is 0.133. The number of hydrogen-bond donors (Lipinski definition) is 1. The Morgan fingerprint density at radius 1 is 1.06 bits per heavy atom. The smallest absolute Gasteiger partial charge is 0.145 e. The summed E-state index contributed by atoms with van der Waals surface area (Å²) in [5.41, 5.74) is 10.2. The molecule has 0 fully saturated rings. The number of rotatable bonds is 2. The van der Waals surface area contributed by atoms with Gasteiger partial charge in [0.05, 0.1) is 11.2 Å². The molecule has 0 amide bonds. The molecular formula is C15H15N3. The zero-order valence-corrected chi connectivity index (χ0v) is 10.3. The number of fused-ring (bicyclic) bond motifs is 1. The van der Waals surface area contributed by atoms with Gasteiger partial charge in [0.15, 0.2) is 0 Å². The van der Waals surface area contributed by atoms with Gasteiger partial charge in [0.25, 0.3) is 0 Å². The fourth-order valence-corrected chi connectivity index (χ4v) is 2.29. The number of pyridine rings is 1. The highest BCUT2D eigenvalue weighted by atomic mass is 15.0. The molecule has 0 saturated carbocycles. The molecule has 2 N–H and O–H groups in total. The van der Waals surface area contributed by atoms with Crippen LogP contribution in [0.25, 0.3) is 16.9 Å². The van der Waals surface area contributed by atoms with E-state index in [2.05, 4.69) is 27.6 Å². The minimum atomic E-state index is 0.507. The first-order valence-corrected chi connectivity index (χ1v) is 6.03. The molecule has 0 saturated heterocycles. The van der Waals surface area contributed by atoms with Crippen molar-refractivity contribution in [1.29, 1.82) is 0 Å². The summed E-state index contributed by atoms with van der Waals surface area (Å²) in [6.07, 6.45) is 0. The third-order valence-electron chi connectivity index (χ3n) is 3.17. The number of hydrogen-bond acceptors (Lipinski definition) is 2. The first-order valence-electron chi connectivity index (χ1n) is 6.03. The molecule has 18 heavy (non-hydrogen) atoms. The van der Waals surface area contributed by atoms with Crippen LogP contribution >= 0.6 is 0 Å². The molecule has 90 valence electrons. The molecule has 0 aliphatic carbocycles. The topological polar surface area (TPSA) is 43.3 Å². The molecule has 2 heterocycles. The van der Waals surface area contributed by atoms with Gasteiger partial charge in [0, 0.05) is 17.8 Å². The van der Waals surface area contributed by atoms with Crippen molar-refractivity contribution < 1.29 is 0 Å². The van der Waals surface area contributed by atoms with Crippen LogP contribution in [0.4, 0.5) is 0 Å². The van der Waals surface area contributed by atoms with Crippen LogP contribution in [0.3, 0.4) is 0 Å². The van der Waals surface area contributed by atoms with Crippen LogP contribution < -0.4 is 5.73 Å². The van der Waals surface area contributed by atoms with Gasteiger partial charge in [0.2, 0.25) is 0 Å². The van der Waals surface area contributed by atoms with Crippen LogP contribution in [0.2, 0.25) is 0 Å². The normalized spacial score (nSPS) is 11.0. The molecule has 3 nitrogen and oxygen atoms in total. The van der Waals surface area contributed by atoms with Gasteiger partial charge in [-0.2, -0.15) is 0 Å². The van der Waals surface area contributed by atoms with Crippen LogP contribution in [0.5, 0.6) is 0 Å². The molecule has 0 spiro atoms. The summed E-state index contributed by atoms with van der Waals surface area (Å²) >= 11 is 0. The van der Waals surface area contributed by atoms with Gasteiger partial charge in [-0.15, -0.1) is 0 Å². The molecule has 0 bridgehead atoms. The summed E-state index contributed by atoms with van der Waals surface area (Å²) in [5.74, 6) is 0.962. The molecule has 3 aromatic rings. The average Bonchev–Trinajstić information content (AvgIpc) is 2.77. The van der Waals surface area contributed by atoms with Gasteiger partial charge < -0.3 is 5.73 Å². The summed E-state index contributed by atoms with van der Waals surface area (Å²) in [6.45, 7) is 2.54. The van der Waals surface area contributed by atoms with Crippen molar-refractivity contribution in [3.63, 3.8) is 0 Å². The number of aryl methyl sites for hydroxylation is 1. The van der Waals surface area contributed by atoms with Gasteiger partial charge in [-0.3, -0.25) is 4.40 Å². The number of nitrogens with zero attached hydrogens (tertiary/aromatic N) is 2. The Bertz CT molecular complexity index is 684. The van der Waals surface area contributed by atoms with E-state index in [1.807, 2.05) is 37.3 Å². The lowest BCUT2D eigenvalue weighted by Gasteiger charge is -2.06. The first-order chi connectivity index (χ1) is 8.81. The van der Waals surface area contributed by atoms with Crippen molar-refractivity contribution in [2.45, 2.75) is 13.5 Å². The molecule has 2 aromatic heterocycles. The van der Waals surface area contributed by atoms with E-state index >= 15 is 0 Å². The van der Waals surface area contributed by atoms with Gasteiger partial charge in [-0.25, -0.2) is 4.98 Å². The van der Waals surface area contributed by atoms with Gasteiger partial charge in [0.1, 0.15) is 5.82 Å². The number of nitrogens with two attached hydrogens (primary N) is 1. The minimum absolute atomic E-state index is 0.507. The van der Waals surface area contributed by atoms with Crippen molar-refractivity contribution >= 4 is 5.52 Å². The van der Waals surface area contributed by atoms with Gasteiger partial charge in [-0.1, -0.05) is 36.4 Å². The highest BCUT2D eigenvalue weighted by molar-refractivity contribution is 5.66. The number of benzene rings is 1. The molecule has 1 aromatic carbocycles. The van der Waals surface area contributed by atoms with E-state index in [0.29, 0.717) is 6.54 Å². The monoisotopic (exact) mass is 237 g/mol. The maximum Gasteiger partial charge on any atom is 0.145 e. The lowest BCUT2D eigenvalue weighted by Crippen LogP contribution is -2.04. The van der Waals surface area contributed by atoms with E-state index in [-0.39, 0.29) is 0 Å². The summed E-state index contributed by atoms with van der Waals surface area (Å²) in [7, 11) is 0. The Morgan fingerprint density at radius 2 is 1.83 bits per heavy atom. The van der Waals surface area contributed by atoms with Crippen molar-refractivity contribution in [2.75, 3.05) is 0 Å². The lowest BCUT2D eigenvalue weighted by molar-refractivity contribution is 0.946. The molecule has 0 aliphatic rings. The van der Waals surface area contributed by atoms with Crippen LogP contribution in [0, 0.1) is 6.92 Å². The zero-order chi connectivity index (χ0) is 12.5. The maximum atomic E-state index is 5.82. The van der Waals surface area contributed by atoms with Crippen molar-refractivity contribution in [1.82, 2.24) is 9.38 Å². The largest absolute Gasteiger partial charge is 0.325 e. The SMILES string of the molecule is Cc1nc(-c2ccccc2)n2c(CN)cccc12. The highest BCUT2D eigenvalue weighted by Gasteiger charge is 2.11. The summed E-state index contributed by atoms with van der Waals surface area (Å²) in [4.78, 5) is 4.68. The summed E-state index contributed by atoms with van der Waals surface area (Å²) < 4.78 is 2.14. The Balaban J connectivity index is 2.37. The van der Waals surface area contributed by atoms with E-state index in [1.165, 1.54) is 0 Å². The molecule has 3 rings (SSSR count). The van der Waals surface area contributed by atoms with E-state index in [4.69, 9.17) is 5.73 Å². The first kappa shape index (κ1) is 11.0. The fourth-order valence-electron chi connectivity index (χ4n) is 2.29. The minimum Gasteiger partial charge on any atom is -0.325 e. The van der Waals surface area contributed by atoms with E-state index in [9.17, 15) is 0 Å².